The van der Waals surface area contributed by atoms with Gasteiger partial charge in [0, 0.05) is 44.0 Å². The molecule has 2 heterocycles. The van der Waals surface area contributed by atoms with Gasteiger partial charge >= 0.3 is 0 Å². The molecule has 4 bridgehead atoms. The van der Waals surface area contributed by atoms with Gasteiger partial charge in [-0.15, -0.1) is 0 Å². The molecule has 5 fully saturated rings. The van der Waals surface area contributed by atoms with Crippen molar-refractivity contribution < 1.29 is 13.9 Å². The average molecular weight is 480 g/mol. The van der Waals surface area contributed by atoms with E-state index in [1.807, 2.05) is 4.90 Å². The van der Waals surface area contributed by atoms with Gasteiger partial charge in [-0.1, -0.05) is 0 Å². The van der Waals surface area contributed by atoms with Crippen LogP contribution in [0.5, 0.6) is 5.75 Å². The lowest BCUT2D eigenvalue weighted by molar-refractivity contribution is -0.0120. The monoisotopic (exact) mass is 479 g/mol. The van der Waals surface area contributed by atoms with Crippen LogP contribution < -0.4 is 19.9 Å². The number of aromatic nitrogens is 2. The number of rotatable bonds is 5. The summed E-state index contributed by atoms with van der Waals surface area (Å²) in [6, 6.07) is 7.03. The molecule has 1 aromatic heterocycles. The zero-order valence-corrected chi connectivity index (χ0v) is 20.5. The fourth-order valence-electron chi connectivity index (χ4n) is 7.34. The van der Waals surface area contributed by atoms with E-state index in [-0.39, 0.29) is 23.8 Å². The topological polar surface area (TPSA) is 70.6 Å². The number of ether oxygens (including phenoxy) is 1. The lowest BCUT2D eigenvalue weighted by Crippen LogP contribution is -2.56. The molecule has 1 aromatic carbocycles. The number of nitrogens with zero attached hydrogens (tertiary/aromatic N) is 4. The summed E-state index contributed by atoms with van der Waals surface area (Å²) in [7, 11) is 1.53. The number of hydrogen-bond donors (Lipinski definition) is 1. The quantitative estimate of drug-likeness (QED) is 0.702. The van der Waals surface area contributed by atoms with E-state index in [1.165, 1.54) is 45.3 Å². The highest BCUT2D eigenvalue weighted by Crippen LogP contribution is 2.53. The van der Waals surface area contributed by atoms with E-state index in [1.54, 1.807) is 24.4 Å². The van der Waals surface area contributed by atoms with Crippen LogP contribution in [0.3, 0.4) is 0 Å². The first kappa shape index (κ1) is 22.6. The van der Waals surface area contributed by atoms with Gasteiger partial charge in [0.05, 0.1) is 12.8 Å². The Balaban J connectivity index is 1.13. The van der Waals surface area contributed by atoms with Crippen LogP contribution in [0.25, 0.3) is 0 Å². The summed E-state index contributed by atoms with van der Waals surface area (Å²) < 4.78 is 19.7. The molecular weight excluding hydrogens is 445 g/mol. The fourth-order valence-corrected chi connectivity index (χ4v) is 7.34. The summed E-state index contributed by atoms with van der Waals surface area (Å²) in [6.07, 6.45) is 8.15. The minimum atomic E-state index is -0.287. The molecule has 1 amide bonds. The molecule has 186 valence electrons. The van der Waals surface area contributed by atoms with Crippen LogP contribution in [0.2, 0.25) is 0 Å². The van der Waals surface area contributed by atoms with Crippen molar-refractivity contribution in [3.63, 3.8) is 0 Å². The van der Waals surface area contributed by atoms with E-state index >= 15 is 0 Å². The Morgan fingerprint density at radius 2 is 1.83 bits per heavy atom. The Morgan fingerprint density at radius 3 is 2.49 bits per heavy atom. The number of anilines is 2. The number of carbonyl (C=O) groups is 1. The van der Waals surface area contributed by atoms with Crippen molar-refractivity contribution in [1.29, 1.82) is 0 Å². The van der Waals surface area contributed by atoms with Gasteiger partial charge in [0.1, 0.15) is 17.3 Å². The van der Waals surface area contributed by atoms with Gasteiger partial charge in [0.2, 0.25) is 5.95 Å². The van der Waals surface area contributed by atoms with Gasteiger partial charge in [0.15, 0.2) is 0 Å². The summed E-state index contributed by atoms with van der Waals surface area (Å²) >= 11 is 0. The molecule has 8 heteroatoms. The van der Waals surface area contributed by atoms with E-state index in [2.05, 4.69) is 27.1 Å². The Kier molecular flexibility index (Phi) is 5.77. The lowest BCUT2D eigenvalue weighted by atomic mass is 9.54. The van der Waals surface area contributed by atoms with Gasteiger partial charge < -0.3 is 19.9 Å². The molecule has 7 nitrogen and oxygen atoms in total. The summed E-state index contributed by atoms with van der Waals surface area (Å²) in [5, 5.41) is 3.36. The SMILES string of the molecule is COc1ccc(N2CCN(c3nccc(C(=O)NC4C5CC6CC(C5)CC4C6)n3)[C@H](C)C2)c(F)c1. The maximum absolute atomic E-state index is 14.6. The van der Waals surface area contributed by atoms with Crippen molar-refractivity contribution >= 4 is 17.5 Å². The molecule has 0 unspecified atom stereocenters. The number of benzene rings is 1. The Hall–Kier alpha value is -2.90. The highest BCUT2D eigenvalue weighted by Gasteiger charge is 2.48. The normalized spacial score (nSPS) is 31.5. The third kappa shape index (κ3) is 4.21. The van der Waals surface area contributed by atoms with Crippen LogP contribution in [0, 0.1) is 29.5 Å². The zero-order valence-electron chi connectivity index (χ0n) is 20.5. The molecular formula is C27H34FN5O2. The highest BCUT2D eigenvalue weighted by atomic mass is 19.1. The first-order valence-electron chi connectivity index (χ1n) is 13.0. The van der Waals surface area contributed by atoms with E-state index in [0.717, 1.165) is 11.8 Å². The lowest BCUT2D eigenvalue weighted by Gasteiger charge is -2.54. The Morgan fingerprint density at radius 1 is 1.09 bits per heavy atom. The van der Waals surface area contributed by atoms with Gasteiger partial charge in [-0.05, 0) is 80.9 Å². The number of hydrogen-bond acceptors (Lipinski definition) is 6. The van der Waals surface area contributed by atoms with Crippen LogP contribution >= 0.6 is 0 Å². The van der Waals surface area contributed by atoms with Crippen LogP contribution in [-0.2, 0) is 0 Å². The molecule has 0 radical (unpaired) electrons. The van der Waals surface area contributed by atoms with Crippen molar-refractivity contribution in [3.8, 4) is 5.75 Å². The molecule has 5 aliphatic rings. The standard InChI is InChI=1S/C27H34FN5O2/c1-16-15-32(24-4-3-21(35-2)14-22(24)28)7-8-33(16)27-29-6-5-23(30-27)26(34)31-25-19-10-17-9-18(12-19)13-20(25)11-17/h3-6,14,16-20,25H,7-13,15H2,1-2H3,(H,31,34)/t16-,17?,18?,19?,20?,25?/m1/s1. The number of carbonyl (C=O) groups excluding carboxylic acids is 1. The second-order valence-electron chi connectivity index (χ2n) is 11.0. The minimum absolute atomic E-state index is 0.0630. The second kappa shape index (κ2) is 8.95. The van der Waals surface area contributed by atoms with Gasteiger partial charge in [0.25, 0.3) is 5.91 Å². The van der Waals surface area contributed by atoms with Crippen LogP contribution in [0.15, 0.2) is 30.5 Å². The van der Waals surface area contributed by atoms with E-state index in [0.29, 0.717) is 54.5 Å². The van der Waals surface area contributed by atoms with Crippen LogP contribution in [0.4, 0.5) is 16.0 Å². The number of methoxy groups -OCH3 is 1. The largest absolute Gasteiger partial charge is 0.497 e. The average Bonchev–Trinajstić information content (AvgIpc) is 2.85. The van der Waals surface area contributed by atoms with Crippen LogP contribution in [0.1, 0.15) is 49.5 Å². The van der Waals surface area contributed by atoms with Gasteiger partial charge in [-0.25, -0.2) is 14.4 Å². The highest BCUT2D eigenvalue weighted by molar-refractivity contribution is 5.92. The molecule has 0 spiro atoms. The first-order valence-corrected chi connectivity index (χ1v) is 13.0. The Labute approximate surface area is 206 Å². The maximum atomic E-state index is 14.6. The molecule has 1 atom stereocenters. The predicted molar refractivity (Wildman–Crippen MR) is 132 cm³/mol. The van der Waals surface area contributed by atoms with E-state index < -0.39 is 0 Å². The molecule has 1 aliphatic heterocycles. The molecule has 35 heavy (non-hydrogen) atoms. The molecule has 4 saturated carbocycles. The van der Waals surface area contributed by atoms with E-state index in [9.17, 15) is 9.18 Å². The summed E-state index contributed by atoms with van der Waals surface area (Å²) in [6.45, 7) is 4.00. The molecule has 2 aromatic rings. The maximum Gasteiger partial charge on any atom is 0.270 e. The van der Waals surface area contributed by atoms with Crippen molar-refractivity contribution in [2.24, 2.45) is 23.7 Å². The predicted octanol–water partition coefficient (Wildman–Crippen LogP) is 3.89. The Bertz CT molecular complexity index is 1080. The number of halogens is 1. The van der Waals surface area contributed by atoms with Gasteiger partial charge in [-0.2, -0.15) is 0 Å². The summed E-state index contributed by atoms with van der Waals surface area (Å²) in [5.41, 5.74) is 1.00. The van der Waals surface area contributed by atoms with Crippen molar-refractivity contribution in [2.45, 2.75) is 51.1 Å². The molecule has 1 N–H and O–H groups in total. The first-order chi connectivity index (χ1) is 17.0. The van der Waals surface area contributed by atoms with Crippen LogP contribution in [-0.4, -0.2) is 54.7 Å². The third-order valence-corrected chi connectivity index (χ3v) is 8.78. The minimum Gasteiger partial charge on any atom is -0.497 e. The van der Waals surface area contributed by atoms with Crippen molar-refractivity contribution in [3.05, 3.63) is 42.0 Å². The zero-order chi connectivity index (χ0) is 24.1. The third-order valence-electron chi connectivity index (χ3n) is 8.78. The number of nitrogens with one attached hydrogen (secondary N) is 1. The summed E-state index contributed by atoms with van der Waals surface area (Å²) in [5.74, 6) is 3.71. The summed E-state index contributed by atoms with van der Waals surface area (Å²) in [4.78, 5) is 26.5. The van der Waals surface area contributed by atoms with Crippen molar-refractivity contribution in [2.75, 3.05) is 36.5 Å². The molecule has 4 aliphatic carbocycles. The van der Waals surface area contributed by atoms with Crippen molar-refractivity contribution in [1.82, 2.24) is 15.3 Å². The molecule has 7 rings (SSSR count). The number of amides is 1. The smallest absolute Gasteiger partial charge is 0.270 e. The number of piperazine rings is 1. The molecule has 1 saturated heterocycles. The second-order valence-corrected chi connectivity index (χ2v) is 11.0. The van der Waals surface area contributed by atoms with Gasteiger partial charge in [-0.3, -0.25) is 4.79 Å². The fraction of sp³-hybridized carbons (Fsp3) is 0.593. The van der Waals surface area contributed by atoms with E-state index in [4.69, 9.17) is 4.74 Å².